The first kappa shape index (κ1) is 18.3. The van der Waals surface area contributed by atoms with Gasteiger partial charge >= 0.3 is 0 Å². The molecule has 26 heavy (non-hydrogen) atoms. The summed E-state index contributed by atoms with van der Waals surface area (Å²) in [5.74, 6) is 0.536. The molecule has 0 unspecified atom stereocenters. The van der Waals surface area contributed by atoms with E-state index in [4.69, 9.17) is 4.74 Å². The Kier molecular flexibility index (Phi) is 5.18. The van der Waals surface area contributed by atoms with Gasteiger partial charge < -0.3 is 9.64 Å². The predicted octanol–water partition coefficient (Wildman–Crippen LogP) is 3.01. The van der Waals surface area contributed by atoms with Crippen LogP contribution in [0, 0.1) is 0 Å². The van der Waals surface area contributed by atoms with Gasteiger partial charge in [0.15, 0.2) is 6.61 Å². The van der Waals surface area contributed by atoms with Crippen LogP contribution in [0.25, 0.3) is 0 Å². The van der Waals surface area contributed by atoms with Crippen molar-refractivity contribution in [3.63, 3.8) is 0 Å². The molecule has 3 rings (SSSR count). The van der Waals surface area contributed by atoms with Gasteiger partial charge in [-0.1, -0.05) is 25.1 Å². The molecule has 0 bridgehead atoms. The summed E-state index contributed by atoms with van der Waals surface area (Å²) < 4.78 is 33.2. The monoisotopic (exact) mass is 374 g/mol. The van der Waals surface area contributed by atoms with Gasteiger partial charge in [0.25, 0.3) is 15.9 Å². The number of benzene rings is 2. The molecule has 2 aromatic rings. The Morgan fingerprint density at radius 1 is 1.19 bits per heavy atom. The van der Waals surface area contributed by atoms with Gasteiger partial charge in [0.05, 0.1) is 4.90 Å². The van der Waals surface area contributed by atoms with Crippen LogP contribution in [0.5, 0.6) is 5.75 Å². The lowest BCUT2D eigenvalue weighted by atomic mass is 10.1. The minimum Gasteiger partial charge on any atom is -0.483 e. The quantitative estimate of drug-likeness (QED) is 0.873. The van der Waals surface area contributed by atoms with Crippen molar-refractivity contribution in [3.8, 4) is 5.75 Å². The van der Waals surface area contributed by atoms with Crippen LogP contribution in [0.4, 0.5) is 5.69 Å². The van der Waals surface area contributed by atoms with Gasteiger partial charge in [0, 0.05) is 23.8 Å². The van der Waals surface area contributed by atoms with Crippen LogP contribution in [0.3, 0.4) is 0 Å². The first-order valence-corrected chi connectivity index (χ1v) is 10.0. The van der Waals surface area contributed by atoms with E-state index in [1.165, 1.54) is 12.1 Å². The zero-order valence-electron chi connectivity index (χ0n) is 14.8. The third-order valence-electron chi connectivity index (χ3n) is 4.50. The summed E-state index contributed by atoms with van der Waals surface area (Å²) >= 11 is 0. The van der Waals surface area contributed by atoms with E-state index >= 15 is 0 Å². The molecule has 1 heterocycles. The van der Waals surface area contributed by atoms with Gasteiger partial charge in [-0.3, -0.25) is 9.52 Å². The normalized spacial score (nSPS) is 15.6. The second-order valence-electron chi connectivity index (χ2n) is 6.31. The van der Waals surface area contributed by atoms with E-state index in [1.807, 2.05) is 13.8 Å². The topological polar surface area (TPSA) is 75.7 Å². The molecule has 6 nitrogen and oxygen atoms in total. The number of hydrogen-bond acceptors (Lipinski definition) is 4. The van der Waals surface area contributed by atoms with E-state index in [0.29, 0.717) is 18.0 Å². The highest BCUT2D eigenvalue weighted by molar-refractivity contribution is 7.92. The molecule has 0 fully saturated rings. The largest absolute Gasteiger partial charge is 0.483 e. The van der Waals surface area contributed by atoms with Gasteiger partial charge in [-0.2, -0.15) is 0 Å². The number of anilines is 1. The van der Waals surface area contributed by atoms with Crippen molar-refractivity contribution in [1.82, 2.24) is 4.90 Å². The molecule has 0 aromatic heterocycles. The molecule has 0 saturated heterocycles. The van der Waals surface area contributed by atoms with Crippen LogP contribution in [0.15, 0.2) is 53.4 Å². The number of nitrogens with zero attached hydrogens (tertiary/aromatic N) is 1. The fraction of sp³-hybridized carbons (Fsp3) is 0.316. The van der Waals surface area contributed by atoms with Gasteiger partial charge in [0.2, 0.25) is 0 Å². The van der Waals surface area contributed by atoms with E-state index in [0.717, 1.165) is 12.0 Å². The zero-order valence-corrected chi connectivity index (χ0v) is 15.6. The van der Waals surface area contributed by atoms with Crippen molar-refractivity contribution in [2.24, 2.45) is 0 Å². The SMILES string of the molecule is CC[C@H](C)N1Cc2cc(NS(=O)(=O)c3ccccc3)ccc2OCC1=O. The Balaban J connectivity index is 1.88. The number of ether oxygens (including phenoxy) is 1. The van der Waals surface area contributed by atoms with E-state index in [-0.39, 0.29) is 23.5 Å². The highest BCUT2D eigenvalue weighted by atomic mass is 32.2. The number of amides is 1. The third kappa shape index (κ3) is 3.83. The molecule has 1 atom stereocenters. The molecule has 0 spiro atoms. The molecule has 1 aliphatic heterocycles. The maximum Gasteiger partial charge on any atom is 0.261 e. The Bertz CT molecular complexity index is 897. The molecule has 1 aliphatic rings. The number of hydrogen-bond donors (Lipinski definition) is 1. The summed E-state index contributed by atoms with van der Waals surface area (Å²) in [6.07, 6.45) is 0.835. The summed E-state index contributed by atoms with van der Waals surface area (Å²) in [6, 6.07) is 13.3. The highest BCUT2D eigenvalue weighted by Crippen LogP contribution is 2.29. The summed E-state index contributed by atoms with van der Waals surface area (Å²) in [6.45, 7) is 4.40. The molecule has 0 radical (unpaired) electrons. The maximum atomic E-state index is 12.5. The smallest absolute Gasteiger partial charge is 0.261 e. The van der Waals surface area contributed by atoms with Crippen molar-refractivity contribution in [3.05, 3.63) is 54.1 Å². The standard InChI is InChI=1S/C19H22N2O4S/c1-3-14(2)21-12-15-11-16(9-10-18(15)25-13-19(21)22)20-26(23,24)17-7-5-4-6-8-17/h4-11,14,20H,3,12-13H2,1-2H3/t14-/m0/s1. The van der Waals surface area contributed by atoms with Crippen LogP contribution in [0.2, 0.25) is 0 Å². The van der Waals surface area contributed by atoms with E-state index < -0.39 is 10.0 Å². The second-order valence-corrected chi connectivity index (χ2v) is 7.99. The summed E-state index contributed by atoms with van der Waals surface area (Å²) in [5.41, 5.74) is 1.22. The molecule has 1 N–H and O–H groups in total. The van der Waals surface area contributed by atoms with E-state index in [9.17, 15) is 13.2 Å². The number of nitrogens with one attached hydrogen (secondary N) is 1. The predicted molar refractivity (Wildman–Crippen MR) is 99.5 cm³/mol. The minimum absolute atomic E-state index is 0.00751. The molecular formula is C19H22N2O4S. The first-order chi connectivity index (χ1) is 12.4. The van der Waals surface area contributed by atoms with E-state index in [2.05, 4.69) is 4.72 Å². The molecule has 138 valence electrons. The Morgan fingerprint density at radius 2 is 1.92 bits per heavy atom. The highest BCUT2D eigenvalue weighted by Gasteiger charge is 2.25. The fourth-order valence-corrected chi connectivity index (χ4v) is 3.91. The summed E-state index contributed by atoms with van der Waals surface area (Å²) in [5, 5.41) is 0. The third-order valence-corrected chi connectivity index (χ3v) is 5.90. The Hall–Kier alpha value is -2.54. The van der Waals surface area contributed by atoms with Gasteiger partial charge in [-0.05, 0) is 43.7 Å². The average molecular weight is 374 g/mol. The number of sulfonamides is 1. The van der Waals surface area contributed by atoms with Crippen LogP contribution in [0.1, 0.15) is 25.8 Å². The number of rotatable bonds is 5. The van der Waals surface area contributed by atoms with Crippen LogP contribution < -0.4 is 9.46 Å². The lowest BCUT2D eigenvalue weighted by Crippen LogP contribution is -2.39. The van der Waals surface area contributed by atoms with Gasteiger partial charge in [-0.25, -0.2) is 8.42 Å². The van der Waals surface area contributed by atoms with Gasteiger partial charge in [0.1, 0.15) is 5.75 Å². The number of fused-ring (bicyclic) bond motifs is 1. The second kappa shape index (κ2) is 7.37. The molecule has 7 heteroatoms. The number of carbonyl (C=O) groups is 1. The lowest BCUT2D eigenvalue weighted by Gasteiger charge is -2.26. The zero-order chi connectivity index (χ0) is 18.7. The van der Waals surface area contributed by atoms with Crippen LogP contribution >= 0.6 is 0 Å². The summed E-state index contributed by atoms with van der Waals surface area (Å²) in [7, 11) is -3.67. The first-order valence-electron chi connectivity index (χ1n) is 8.54. The van der Waals surface area contributed by atoms with Crippen molar-refractivity contribution < 1.29 is 17.9 Å². The Labute approximate surface area is 153 Å². The molecule has 2 aromatic carbocycles. The van der Waals surface area contributed by atoms with E-state index in [1.54, 1.807) is 41.3 Å². The maximum absolute atomic E-state index is 12.5. The molecule has 0 saturated carbocycles. The number of carbonyl (C=O) groups excluding carboxylic acids is 1. The summed E-state index contributed by atoms with van der Waals surface area (Å²) in [4.78, 5) is 14.2. The molecular weight excluding hydrogens is 352 g/mol. The van der Waals surface area contributed by atoms with Crippen molar-refractivity contribution >= 4 is 21.6 Å². The Morgan fingerprint density at radius 3 is 2.62 bits per heavy atom. The van der Waals surface area contributed by atoms with Crippen LogP contribution in [-0.2, 0) is 21.4 Å². The van der Waals surface area contributed by atoms with Gasteiger partial charge in [-0.15, -0.1) is 0 Å². The van der Waals surface area contributed by atoms with Crippen LogP contribution in [-0.4, -0.2) is 31.9 Å². The molecule has 0 aliphatic carbocycles. The lowest BCUT2D eigenvalue weighted by molar-refractivity contribution is -0.135. The van der Waals surface area contributed by atoms with Crippen molar-refractivity contribution in [2.75, 3.05) is 11.3 Å². The van der Waals surface area contributed by atoms with Crippen molar-refractivity contribution in [2.45, 2.75) is 37.8 Å². The molecule has 1 amide bonds. The van der Waals surface area contributed by atoms with Crippen molar-refractivity contribution in [1.29, 1.82) is 0 Å². The fourth-order valence-electron chi connectivity index (χ4n) is 2.84. The minimum atomic E-state index is -3.67. The average Bonchev–Trinajstić information content (AvgIpc) is 2.80.